The number of thioether (sulfide) groups is 1. The second kappa shape index (κ2) is 5.52. The second-order valence-electron chi connectivity index (χ2n) is 4.11. The molecule has 1 aromatic rings. The van der Waals surface area contributed by atoms with Crippen LogP contribution in [0, 0.1) is 5.92 Å². The zero-order chi connectivity index (χ0) is 10.5. The van der Waals surface area contributed by atoms with Crippen LogP contribution in [0.15, 0.2) is 24.4 Å². The molecule has 0 bridgehead atoms. The van der Waals surface area contributed by atoms with E-state index in [1.807, 2.05) is 18.3 Å². The van der Waals surface area contributed by atoms with Crippen molar-refractivity contribution in [2.75, 3.05) is 18.1 Å². The summed E-state index contributed by atoms with van der Waals surface area (Å²) in [5.74, 6) is 3.52. The predicted molar refractivity (Wildman–Crippen MR) is 66.1 cm³/mol. The smallest absolute Gasteiger partial charge is 0.0570 e. The fourth-order valence-electron chi connectivity index (χ4n) is 1.82. The monoisotopic (exact) mass is 222 g/mol. The number of nitrogens with zero attached hydrogens (tertiary/aromatic N) is 1. The summed E-state index contributed by atoms with van der Waals surface area (Å²) >= 11 is 2.07. The molecule has 0 amide bonds. The minimum absolute atomic E-state index is 0.372. The lowest BCUT2D eigenvalue weighted by molar-refractivity contribution is 0.472. The highest BCUT2D eigenvalue weighted by Gasteiger charge is 2.16. The summed E-state index contributed by atoms with van der Waals surface area (Å²) in [6.45, 7) is 3.31. The van der Waals surface area contributed by atoms with E-state index >= 15 is 0 Å². The first kappa shape index (κ1) is 11.0. The van der Waals surface area contributed by atoms with Crippen LogP contribution in [0.5, 0.6) is 0 Å². The molecule has 1 N–H and O–H groups in total. The maximum absolute atomic E-state index is 4.36. The highest BCUT2D eigenvalue weighted by atomic mass is 32.2. The molecule has 3 heteroatoms. The maximum Gasteiger partial charge on any atom is 0.0570 e. The van der Waals surface area contributed by atoms with Crippen molar-refractivity contribution in [3.8, 4) is 0 Å². The summed E-state index contributed by atoms with van der Waals surface area (Å²) in [6, 6.07) is 6.47. The minimum Gasteiger partial charge on any atom is -0.309 e. The molecule has 1 saturated heterocycles. The Hall–Kier alpha value is -0.540. The van der Waals surface area contributed by atoms with E-state index < -0.39 is 0 Å². The van der Waals surface area contributed by atoms with Gasteiger partial charge in [-0.3, -0.25) is 4.98 Å². The van der Waals surface area contributed by atoms with Crippen molar-refractivity contribution >= 4 is 11.8 Å². The molecular formula is C12H18N2S. The van der Waals surface area contributed by atoms with Gasteiger partial charge in [-0.05, 0) is 49.4 Å². The van der Waals surface area contributed by atoms with Crippen LogP contribution in [-0.2, 0) is 0 Å². The summed E-state index contributed by atoms with van der Waals surface area (Å²) in [5.41, 5.74) is 1.14. The van der Waals surface area contributed by atoms with Crippen molar-refractivity contribution in [3.63, 3.8) is 0 Å². The molecule has 2 heterocycles. The topological polar surface area (TPSA) is 24.9 Å². The van der Waals surface area contributed by atoms with E-state index in [1.54, 1.807) is 0 Å². The van der Waals surface area contributed by atoms with E-state index in [1.165, 1.54) is 17.9 Å². The van der Waals surface area contributed by atoms with Gasteiger partial charge in [-0.25, -0.2) is 0 Å². The van der Waals surface area contributed by atoms with Gasteiger partial charge in [0.25, 0.3) is 0 Å². The number of nitrogens with one attached hydrogen (secondary N) is 1. The van der Waals surface area contributed by atoms with Crippen LogP contribution < -0.4 is 5.32 Å². The van der Waals surface area contributed by atoms with E-state index in [2.05, 4.69) is 35.1 Å². The van der Waals surface area contributed by atoms with Gasteiger partial charge in [0.05, 0.1) is 5.69 Å². The molecule has 0 aromatic carbocycles. The van der Waals surface area contributed by atoms with E-state index in [9.17, 15) is 0 Å². The van der Waals surface area contributed by atoms with Gasteiger partial charge in [-0.15, -0.1) is 0 Å². The number of aromatic nitrogens is 1. The first-order chi connectivity index (χ1) is 7.36. The lowest BCUT2D eigenvalue weighted by Gasteiger charge is -2.16. The molecule has 1 fully saturated rings. The number of rotatable bonds is 4. The van der Waals surface area contributed by atoms with Crippen LogP contribution in [-0.4, -0.2) is 23.0 Å². The van der Waals surface area contributed by atoms with Gasteiger partial charge in [0.2, 0.25) is 0 Å². The third-order valence-corrected chi connectivity index (χ3v) is 4.10. The van der Waals surface area contributed by atoms with Crippen molar-refractivity contribution < 1.29 is 0 Å². The highest BCUT2D eigenvalue weighted by Crippen LogP contribution is 2.23. The molecular weight excluding hydrogens is 204 g/mol. The quantitative estimate of drug-likeness (QED) is 0.847. The molecule has 82 valence electrons. The molecule has 2 atom stereocenters. The number of hydrogen-bond acceptors (Lipinski definition) is 3. The molecule has 0 radical (unpaired) electrons. The van der Waals surface area contributed by atoms with Crippen LogP contribution in [0.2, 0.25) is 0 Å². The second-order valence-corrected chi connectivity index (χ2v) is 5.26. The Morgan fingerprint density at radius 1 is 1.60 bits per heavy atom. The third kappa shape index (κ3) is 3.21. The molecule has 1 unspecified atom stereocenters. The average Bonchev–Trinajstić information content (AvgIpc) is 2.80. The van der Waals surface area contributed by atoms with Gasteiger partial charge in [0.1, 0.15) is 0 Å². The fourth-order valence-corrected chi connectivity index (χ4v) is 3.11. The zero-order valence-corrected chi connectivity index (χ0v) is 9.96. The van der Waals surface area contributed by atoms with Crippen LogP contribution in [0.3, 0.4) is 0 Å². The van der Waals surface area contributed by atoms with Crippen molar-refractivity contribution in [2.45, 2.75) is 19.4 Å². The number of pyridine rings is 1. The van der Waals surface area contributed by atoms with Crippen molar-refractivity contribution in [1.29, 1.82) is 0 Å². The normalized spacial score (nSPS) is 22.9. The third-order valence-electron chi connectivity index (χ3n) is 2.87. The van der Waals surface area contributed by atoms with Crippen LogP contribution >= 0.6 is 11.8 Å². The molecule has 1 aliphatic heterocycles. The standard InChI is InChI=1S/C12H18N2S/c1-10(12-4-2-3-6-13-12)14-8-11-5-7-15-9-11/h2-4,6,10-11,14H,5,7-9H2,1H3/t10-,11?/m0/s1. The first-order valence-electron chi connectivity index (χ1n) is 5.58. The van der Waals surface area contributed by atoms with Crippen LogP contribution in [0.25, 0.3) is 0 Å². The Labute approximate surface area is 95.9 Å². The van der Waals surface area contributed by atoms with E-state index in [4.69, 9.17) is 0 Å². The molecule has 2 rings (SSSR count). The molecule has 1 aromatic heterocycles. The average molecular weight is 222 g/mol. The van der Waals surface area contributed by atoms with Crippen molar-refractivity contribution in [1.82, 2.24) is 10.3 Å². The van der Waals surface area contributed by atoms with Crippen LogP contribution in [0.1, 0.15) is 25.1 Å². The largest absolute Gasteiger partial charge is 0.309 e. The van der Waals surface area contributed by atoms with Gasteiger partial charge >= 0.3 is 0 Å². The van der Waals surface area contributed by atoms with Gasteiger partial charge in [0, 0.05) is 12.2 Å². The Kier molecular flexibility index (Phi) is 4.03. The Balaban J connectivity index is 1.79. The molecule has 0 saturated carbocycles. The van der Waals surface area contributed by atoms with Gasteiger partial charge in [0.15, 0.2) is 0 Å². The van der Waals surface area contributed by atoms with Crippen LogP contribution in [0.4, 0.5) is 0 Å². The van der Waals surface area contributed by atoms with E-state index in [-0.39, 0.29) is 0 Å². The van der Waals surface area contributed by atoms with Crippen molar-refractivity contribution in [3.05, 3.63) is 30.1 Å². The summed E-state index contributed by atoms with van der Waals surface area (Å²) in [6.07, 6.45) is 3.23. The number of hydrogen-bond donors (Lipinski definition) is 1. The maximum atomic E-state index is 4.36. The predicted octanol–water partition coefficient (Wildman–Crippen LogP) is 2.49. The molecule has 2 nitrogen and oxygen atoms in total. The lowest BCUT2D eigenvalue weighted by atomic mass is 10.1. The SMILES string of the molecule is C[C@H](NCC1CCSC1)c1ccccn1. The molecule has 0 spiro atoms. The molecule has 0 aliphatic carbocycles. The Morgan fingerprint density at radius 3 is 3.20 bits per heavy atom. The minimum atomic E-state index is 0.372. The first-order valence-corrected chi connectivity index (χ1v) is 6.74. The lowest BCUT2D eigenvalue weighted by Crippen LogP contribution is -2.26. The summed E-state index contributed by atoms with van der Waals surface area (Å²) in [4.78, 5) is 4.36. The molecule has 15 heavy (non-hydrogen) atoms. The molecule has 1 aliphatic rings. The van der Waals surface area contributed by atoms with E-state index in [0.29, 0.717) is 6.04 Å². The van der Waals surface area contributed by atoms with Crippen molar-refractivity contribution in [2.24, 2.45) is 5.92 Å². The Bertz CT molecular complexity index is 283. The summed E-state index contributed by atoms with van der Waals surface area (Å²) < 4.78 is 0. The fraction of sp³-hybridized carbons (Fsp3) is 0.583. The summed E-state index contributed by atoms with van der Waals surface area (Å²) in [7, 11) is 0. The Morgan fingerprint density at radius 2 is 2.53 bits per heavy atom. The van der Waals surface area contributed by atoms with E-state index in [0.717, 1.165) is 18.2 Å². The van der Waals surface area contributed by atoms with Gasteiger partial charge < -0.3 is 5.32 Å². The van der Waals surface area contributed by atoms with Gasteiger partial charge in [-0.1, -0.05) is 6.07 Å². The zero-order valence-electron chi connectivity index (χ0n) is 9.15. The summed E-state index contributed by atoms with van der Waals surface area (Å²) in [5, 5.41) is 3.56. The van der Waals surface area contributed by atoms with Gasteiger partial charge in [-0.2, -0.15) is 11.8 Å². The highest BCUT2D eigenvalue weighted by molar-refractivity contribution is 7.99.